The lowest BCUT2D eigenvalue weighted by Gasteiger charge is -2.12. The van der Waals surface area contributed by atoms with Crippen LogP contribution in [0.1, 0.15) is 11.6 Å². The lowest BCUT2D eigenvalue weighted by atomic mass is 10.1. The summed E-state index contributed by atoms with van der Waals surface area (Å²) in [6.07, 6.45) is -2.60. The van der Waals surface area contributed by atoms with Crippen LogP contribution >= 0.6 is 11.6 Å². The predicted octanol–water partition coefficient (Wildman–Crippen LogP) is 2.61. The van der Waals surface area contributed by atoms with Crippen molar-refractivity contribution in [2.75, 3.05) is 7.11 Å². The molecular formula is C9H10ClF2NO. The highest BCUT2D eigenvalue weighted by Gasteiger charge is 2.18. The third kappa shape index (κ3) is 2.33. The molecule has 78 valence electrons. The zero-order valence-electron chi connectivity index (χ0n) is 7.51. The van der Waals surface area contributed by atoms with Gasteiger partial charge in [-0.15, -0.1) is 0 Å². The molecule has 1 atom stereocenters. The van der Waals surface area contributed by atoms with Crippen molar-refractivity contribution < 1.29 is 13.5 Å². The Balaban J connectivity index is 3.00. The molecular weight excluding hydrogens is 212 g/mol. The van der Waals surface area contributed by atoms with Crippen LogP contribution in [0.25, 0.3) is 0 Å². The van der Waals surface area contributed by atoms with Crippen LogP contribution in [0.4, 0.5) is 8.78 Å². The number of alkyl halides is 2. The van der Waals surface area contributed by atoms with Crippen LogP contribution < -0.4 is 10.5 Å². The monoisotopic (exact) mass is 221 g/mol. The van der Waals surface area contributed by atoms with Crippen LogP contribution in [-0.4, -0.2) is 13.5 Å². The van der Waals surface area contributed by atoms with E-state index in [1.54, 1.807) is 0 Å². The van der Waals surface area contributed by atoms with Crippen molar-refractivity contribution in [1.29, 1.82) is 0 Å². The molecule has 1 rings (SSSR count). The minimum atomic E-state index is -2.60. The SMILES string of the molecule is COc1cc(C(N)C(F)F)ccc1Cl. The fraction of sp³-hybridized carbons (Fsp3) is 0.333. The first kappa shape index (κ1) is 11.2. The molecule has 0 saturated carbocycles. The van der Waals surface area contributed by atoms with Gasteiger partial charge in [0.2, 0.25) is 0 Å². The Morgan fingerprint density at radius 1 is 1.43 bits per heavy atom. The summed E-state index contributed by atoms with van der Waals surface area (Å²) in [7, 11) is 1.42. The summed E-state index contributed by atoms with van der Waals surface area (Å²) in [4.78, 5) is 0. The molecule has 0 bridgehead atoms. The number of nitrogens with two attached hydrogens (primary N) is 1. The Labute approximate surface area is 85.6 Å². The zero-order valence-corrected chi connectivity index (χ0v) is 8.26. The van der Waals surface area contributed by atoms with Crippen molar-refractivity contribution >= 4 is 11.6 Å². The van der Waals surface area contributed by atoms with E-state index in [2.05, 4.69) is 0 Å². The van der Waals surface area contributed by atoms with E-state index < -0.39 is 12.5 Å². The molecule has 5 heteroatoms. The summed E-state index contributed by atoms with van der Waals surface area (Å²) >= 11 is 5.73. The summed E-state index contributed by atoms with van der Waals surface area (Å²) in [5.41, 5.74) is 5.57. The maximum Gasteiger partial charge on any atom is 0.257 e. The normalized spacial score (nSPS) is 13.0. The number of rotatable bonds is 3. The van der Waals surface area contributed by atoms with Gasteiger partial charge in [-0.2, -0.15) is 0 Å². The van der Waals surface area contributed by atoms with E-state index in [-0.39, 0.29) is 0 Å². The molecule has 0 aliphatic carbocycles. The highest BCUT2D eigenvalue weighted by molar-refractivity contribution is 6.32. The van der Waals surface area contributed by atoms with Gasteiger partial charge in [-0.05, 0) is 17.7 Å². The molecule has 0 heterocycles. The Morgan fingerprint density at radius 3 is 2.57 bits per heavy atom. The van der Waals surface area contributed by atoms with Gasteiger partial charge >= 0.3 is 0 Å². The quantitative estimate of drug-likeness (QED) is 0.852. The summed E-state index contributed by atoms with van der Waals surface area (Å²) < 4.78 is 29.4. The van der Waals surface area contributed by atoms with Crippen LogP contribution in [0.2, 0.25) is 5.02 Å². The van der Waals surface area contributed by atoms with Crippen molar-refractivity contribution in [1.82, 2.24) is 0 Å². The maximum atomic E-state index is 12.3. The second-order valence-corrected chi connectivity index (χ2v) is 3.16. The Morgan fingerprint density at radius 2 is 2.07 bits per heavy atom. The molecule has 0 amide bonds. The second kappa shape index (κ2) is 4.57. The molecule has 0 aromatic heterocycles. The van der Waals surface area contributed by atoms with Gasteiger partial charge in [-0.1, -0.05) is 17.7 Å². The summed E-state index contributed by atoms with van der Waals surface area (Å²) in [6, 6.07) is 3.06. The fourth-order valence-electron chi connectivity index (χ4n) is 1.03. The largest absolute Gasteiger partial charge is 0.495 e. The van der Waals surface area contributed by atoms with Crippen LogP contribution in [-0.2, 0) is 0 Å². The molecule has 1 aromatic carbocycles. The van der Waals surface area contributed by atoms with E-state index in [0.29, 0.717) is 16.3 Å². The van der Waals surface area contributed by atoms with Crippen LogP contribution in [0.3, 0.4) is 0 Å². The molecule has 0 aliphatic heterocycles. The molecule has 1 unspecified atom stereocenters. The van der Waals surface area contributed by atoms with Gasteiger partial charge < -0.3 is 10.5 Å². The number of methoxy groups -OCH3 is 1. The number of hydrogen-bond acceptors (Lipinski definition) is 2. The van der Waals surface area contributed by atoms with Crippen LogP contribution in [0.5, 0.6) is 5.75 Å². The van der Waals surface area contributed by atoms with Crippen LogP contribution in [0, 0.1) is 0 Å². The van der Waals surface area contributed by atoms with E-state index in [9.17, 15) is 8.78 Å². The minimum absolute atomic E-state index is 0.307. The fourth-order valence-corrected chi connectivity index (χ4v) is 1.22. The van der Waals surface area contributed by atoms with E-state index in [0.717, 1.165) is 0 Å². The van der Waals surface area contributed by atoms with Crippen molar-refractivity contribution in [2.24, 2.45) is 5.73 Å². The lowest BCUT2D eigenvalue weighted by Crippen LogP contribution is -2.18. The third-order valence-electron chi connectivity index (χ3n) is 1.83. The zero-order chi connectivity index (χ0) is 10.7. The van der Waals surface area contributed by atoms with E-state index in [1.165, 1.54) is 25.3 Å². The lowest BCUT2D eigenvalue weighted by molar-refractivity contribution is 0.116. The molecule has 2 nitrogen and oxygen atoms in total. The summed E-state index contributed by atoms with van der Waals surface area (Å²) in [5, 5.41) is 0.373. The number of hydrogen-bond donors (Lipinski definition) is 1. The van der Waals surface area contributed by atoms with Crippen molar-refractivity contribution in [3.8, 4) is 5.75 Å². The highest BCUT2D eigenvalue weighted by atomic mass is 35.5. The van der Waals surface area contributed by atoms with Gasteiger partial charge in [0, 0.05) is 0 Å². The average molecular weight is 222 g/mol. The topological polar surface area (TPSA) is 35.2 Å². The number of ether oxygens (including phenoxy) is 1. The Kier molecular flexibility index (Phi) is 3.66. The number of benzene rings is 1. The van der Waals surface area contributed by atoms with Crippen molar-refractivity contribution in [3.05, 3.63) is 28.8 Å². The average Bonchev–Trinajstić information content (AvgIpc) is 2.17. The van der Waals surface area contributed by atoms with Crippen molar-refractivity contribution in [3.63, 3.8) is 0 Å². The molecule has 0 spiro atoms. The Hall–Kier alpha value is -0.870. The molecule has 2 N–H and O–H groups in total. The standard InChI is InChI=1S/C9H10ClF2NO/c1-14-7-4-5(2-3-6(7)10)8(13)9(11)12/h2-4,8-9H,13H2,1H3. The molecule has 1 aromatic rings. The van der Waals surface area contributed by atoms with Gasteiger partial charge in [-0.3, -0.25) is 0 Å². The third-order valence-corrected chi connectivity index (χ3v) is 2.14. The summed E-state index contributed by atoms with van der Waals surface area (Å²) in [5.74, 6) is 0.347. The molecule has 0 saturated heterocycles. The first-order chi connectivity index (χ1) is 6.56. The Bertz CT molecular complexity index is 320. The van der Waals surface area contributed by atoms with Gasteiger partial charge in [0.1, 0.15) is 5.75 Å². The predicted molar refractivity (Wildman–Crippen MR) is 50.9 cm³/mol. The van der Waals surface area contributed by atoms with Gasteiger partial charge in [-0.25, -0.2) is 8.78 Å². The molecule has 0 fully saturated rings. The van der Waals surface area contributed by atoms with Gasteiger partial charge in [0.05, 0.1) is 18.2 Å². The molecule has 14 heavy (non-hydrogen) atoms. The first-order valence-electron chi connectivity index (χ1n) is 3.93. The van der Waals surface area contributed by atoms with E-state index in [4.69, 9.17) is 22.1 Å². The number of halogens is 3. The highest BCUT2D eigenvalue weighted by Crippen LogP contribution is 2.28. The van der Waals surface area contributed by atoms with Gasteiger partial charge in [0.25, 0.3) is 6.43 Å². The smallest absolute Gasteiger partial charge is 0.257 e. The van der Waals surface area contributed by atoms with E-state index >= 15 is 0 Å². The maximum absolute atomic E-state index is 12.3. The summed E-state index contributed by atoms with van der Waals surface area (Å²) in [6.45, 7) is 0. The second-order valence-electron chi connectivity index (χ2n) is 2.75. The van der Waals surface area contributed by atoms with Crippen molar-refractivity contribution in [2.45, 2.75) is 12.5 Å². The van der Waals surface area contributed by atoms with Gasteiger partial charge in [0.15, 0.2) is 0 Å². The first-order valence-corrected chi connectivity index (χ1v) is 4.31. The minimum Gasteiger partial charge on any atom is -0.495 e. The van der Waals surface area contributed by atoms with Crippen LogP contribution in [0.15, 0.2) is 18.2 Å². The molecule has 0 radical (unpaired) electrons. The van der Waals surface area contributed by atoms with E-state index in [1.807, 2.05) is 0 Å². The molecule has 0 aliphatic rings.